The van der Waals surface area contributed by atoms with Gasteiger partial charge in [-0.3, -0.25) is 29.2 Å². The van der Waals surface area contributed by atoms with Crippen LogP contribution in [0.1, 0.15) is 42.6 Å². The summed E-state index contributed by atoms with van der Waals surface area (Å²) in [6.07, 6.45) is 3.75. The molecular weight excluding hydrogens is 768 g/mol. The number of fused-ring (bicyclic) bond motifs is 7. The van der Waals surface area contributed by atoms with Crippen molar-refractivity contribution in [3.63, 3.8) is 0 Å². The number of piperidine rings is 3. The maximum absolute atomic E-state index is 13.7. The van der Waals surface area contributed by atoms with E-state index in [1.54, 1.807) is 13.3 Å². The Balaban J connectivity index is 0.000000226. The second-order valence-electron chi connectivity index (χ2n) is 16.0. The van der Waals surface area contributed by atoms with E-state index in [-0.39, 0.29) is 28.1 Å². The summed E-state index contributed by atoms with van der Waals surface area (Å²) in [4.78, 5) is 46.8. The third-order valence-electron chi connectivity index (χ3n) is 12.9. The maximum Gasteiger partial charge on any atom is 0.255 e. The number of nitrogens with zero attached hydrogens (tertiary/aromatic N) is 3. The monoisotopic (exact) mass is 820 g/mol. The van der Waals surface area contributed by atoms with Gasteiger partial charge in [0.05, 0.1) is 59.4 Å². The van der Waals surface area contributed by atoms with Crippen molar-refractivity contribution in [1.29, 1.82) is 0 Å². The lowest BCUT2D eigenvalue weighted by Crippen LogP contribution is -2.71. The van der Waals surface area contributed by atoms with Crippen molar-refractivity contribution in [3.8, 4) is 11.5 Å². The third-order valence-corrected chi connectivity index (χ3v) is 12.9. The van der Waals surface area contributed by atoms with Crippen molar-refractivity contribution in [2.75, 3.05) is 34.3 Å². The largest absolute Gasteiger partial charge is 0.508 e. The number of primary amides is 1. The summed E-state index contributed by atoms with van der Waals surface area (Å²) in [7, 11) is 4.46. The molecule has 3 saturated heterocycles. The number of phenols is 1. The molecule has 59 heavy (non-hydrogen) atoms. The molecule has 4 heterocycles. The van der Waals surface area contributed by atoms with E-state index < -0.39 is 87.2 Å². The Labute approximate surface area is 339 Å². The highest BCUT2D eigenvalue weighted by atomic mass is 16.5. The van der Waals surface area contributed by atoms with Crippen LogP contribution in [0.3, 0.4) is 0 Å². The van der Waals surface area contributed by atoms with Crippen LogP contribution in [0.4, 0.5) is 0 Å². The van der Waals surface area contributed by atoms with Gasteiger partial charge in [-0.15, -0.1) is 6.58 Å². The molecule has 0 spiro atoms. The van der Waals surface area contributed by atoms with Gasteiger partial charge in [0.2, 0.25) is 5.78 Å². The number of aromatic hydroxyl groups is 1. The summed E-state index contributed by atoms with van der Waals surface area (Å²) in [5.74, 6) is -7.66. The number of benzene rings is 2. The van der Waals surface area contributed by atoms with Gasteiger partial charge >= 0.3 is 0 Å². The number of methoxy groups -OCH3 is 1. The van der Waals surface area contributed by atoms with E-state index in [1.165, 1.54) is 50.5 Å². The topological polar surface area (TPSA) is 310 Å². The summed E-state index contributed by atoms with van der Waals surface area (Å²) in [6, 6.07) is 10.5. The predicted molar refractivity (Wildman–Crippen MR) is 214 cm³/mol. The number of aliphatic hydroxyl groups is 6. The molecule has 3 aliphatic carbocycles. The Kier molecular flexibility index (Phi) is 12.2. The van der Waals surface area contributed by atoms with E-state index in [4.69, 9.17) is 10.5 Å². The van der Waals surface area contributed by atoms with Crippen LogP contribution in [0.15, 0.2) is 78.2 Å². The van der Waals surface area contributed by atoms with Gasteiger partial charge in [0.25, 0.3) is 5.91 Å². The minimum Gasteiger partial charge on any atom is -0.508 e. The van der Waals surface area contributed by atoms with Gasteiger partial charge < -0.3 is 57.2 Å². The molecule has 2 bridgehead atoms. The highest BCUT2D eigenvalue weighted by Gasteiger charge is 2.70. The van der Waals surface area contributed by atoms with E-state index >= 15 is 0 Å². The van der Waals surface area contributed by atoms with Gasteiger partial charge in [-0.2, -0.15) is 0 Å². The molecule has 4 fully saturated rings. The Morgan fingerprint density at radius 2 is 1.81 bits per heavy atom. The first-order valence-corrected chi connectivity index (χ1v) is 18.8. The van der Waals surface area contributed by atoms with Gasteiger partial charge in [0, 0.05) is 24.2 Å². The van der Waals surface area contributed by atoms with Crippen LogP contribution in [0.2, 0.25) is 0 Å². The number of phenolic OH excluding ortho intramolecular Hbond substituents is 1. The minimum atomic E-state index is -3.02. The van der Waals surface area contributed by atoms with Gasteiger partial charge in [-0.05, 0) is 93.7 Å². The number of likely N-dealkylation sites (N-methyl/N-ethyl adjacent to an activating group) is 1. The molecule has 17 heteroatoms. The van der Waals surface area contributed by atoms with Gasteiger partial charge in [0.1, 0.15) is 28.6 Å². The maximum atomic E-state index is 13.7. The molecule has 17 nitrogen and oxygen atoms in total. The number of hydrogen-bond donors (Lipinski definition) is 8. The van der Waals surface area contributed by atoms with E-state index in [9.17, 15) is 50.1 Å². The molecule has 3 aliphatic heterocycles. The molecule has 6 aliphatic rings. The zero-order valence-corrected chi connectivity index (χ0v) is 33.0. The minimum absolute atomic E-state index is 0. The standard InChI is InChI=1S/C22H24N2O9.C20H24N2O2.2H2O/c1-21(32)7-5-4-6-8(25)9(7)15(26)10-12(21)17(28)13-14(24(2)3)16(27)11(20(23)31)19(30)22(13,33)18(10)29;1-3-13-12-22-9-7-14(13)10-19(22)20(23)16-6-8-21-18-5-4-15(24-2)11-17(16)18;;/h4-6,12-14,17,25-26,28,30,32-33H,1-3H3,(H2,23,31);3-6,8,11,13-14,19-20,23H,1,7,9-10,12H2,2H3;2*1H2/t12-,13-,14+,17+,21-,22+;13-,14-,19-,20+;;/m10../s1. The summed E-state index contributed by atoms with van der Waals surface area (Å²) < 4.78 is 5.35. The predicted octanol–water partition coefficient (Wildman–Crippen LogP) is 0.124. The number of amides is 1. The number of aromatic nitrogens is 1. The molecule has 318 valence electrons. The van der Waals surface area contributed by atoms with Gasteiger partial charge in [-0.1, -0.05) is 18.2 Å². The summed E-state index contributed by atoms with van der Waals surface area (Å²) in [5.41, 5.74) is 0.0711. The molecule has 1 amide bonds. The number of carbonyl (C=O) groups is 3. The number of rotatable bonds is 6. The Morgan fingerprint density at radius 1 is 1.12 bits per heavy atom. The van der Waals surface area contributed by atoms with E-state index in [1.807, 2.05) is 24.3 Å². The van der Waals surface area contributed by atoms with Gasteiger partial charge in [0.15, 0.2) is 11.4 Å². The average molecular weight is 821 g/mol. The van der Waals surface area contributed by atoms with Crippen molar-refractivity contribution >= 4 is 34.1 Å². The lowest BCUT2D eigenvalue weighted by Gasteiger charge is -2.55. The second kappa shape index (κ2) is 16.1. The highest BCUT2D eigenvalue weighted by molar-refractivity contribution is 6.24. The highest BCUT2D eigenvalue weighted by Crippen LogP contribution is 2.57. The first kappa shape index (κ1) is 44.9. The number of Topliss-reactive ketones (excluding diaryl/α,β-unsaturated/α-hetero) is 2. The zero-order valence-electron chi connectivity index (χ0n) is 33.0. The number of ketones is 2. The van der Waals surface area contributed by atoms with E-state index in [0.29, 0.717) is 11.8 Å². The smallest absolute Gasteiger partial charge is 0.255 e. The Morgan fingerprint density at radius 3 is 2.41 bits per heavy atom. The molecule has 0 radical (unpaired) electrons. The molecular formula is C42H52N4O13. The average Bonchev–Trinajstić information content (AvgIpc) is 3.18. The fourth-order valence-electron chi connectivity index (χ4n) is 10.0. The molecule has 2 aromatic carbocycles. The van der Waals surface area contributed by atoms with Gasteiger partial charge in [-0.25, -0.2) is 0 Å². The third kappa shape index (κ3) is 6.67. The molecule has 11 atom stereocenters. The van der Waals surface area contributed by atoms with Crippen molar-refractivity contribution in [2.45, 2.75) is 55.3 Å². The SMILES string of the molecule is C=C[C@H]1CN2CC[C@H]1C[C@H]2[C@H](O)c1ccnc2ccc(OC)cc12.CN(C)[C@@H]1C(=O)C(C(N)=O)=C(O)[C@@]2(O)C(=O)C3=C(O)c4c(O)cccc4[C@@](C)(O)[C@H]3[C@H](O)[C@@H]12.O.O. The summed E-state index contributed by atoms with van der Waals surface area (Å²) >= 11 is 0. The van der Waals surface area contributed by atoms with Crippen molar-refractivity contribution in [3.05, 3.63) is 94.9 Å². The fraction of sp³-hybridized carbons (Fsp3) is 0.429. The van der Waals surface area contributed by atoms with Crippen molar-refractivity contribution in [1.82, 2.24) is 14.8 Å². The van der Waals surface area contributed by atoms with Crippen molar-refractivity contribution in [2.24, 2.45) is 29.4 Å². The summed E-state index contributed by atoms with van der Waals surface area (Å²) in [6.45, 7) is 7.32. The number of hydrogen-bond acceptors (Lipinski definition) is 14. The lowest BCUT2D eigenvalue weighted by molar-refractivity contribution is -0.181. The van der Waals surface area contributed by atoms with E-state index in [0.717, 1.165) is 41.7 Å². The van der Waals surface area contributed by atoms with Crippen LogP contribution in [-0.2, 0) is 20.0 Å². The van der Waals surface area contributed by atoms with Crippen LogP contribution in [0.25, 0.3) is 16.7 Å². The number of pyridine rings is 1. The zero-order chi connectivity index (χ0) is 41.5. The molecule has 1 saturated carbocycles. The van der Waals surface area contributed by atoms with Crippen LogP contribution in [0.5, 0.6) is 11.5 Å². The number of nitrogens with two attached hydrogens (primary N) is 1. The molecule has 1 unspecified atom stereocenters. The molecule has 1 aromatic heterocycles. The van der Waals surface area contributed by atoms with Crippen LogP contribution < -0.4 is 10.5 Å². The Bertz CT molecular complexity index is 2260. The number of ether oxygens (including phenoxy) is 1. The quantitative estimate of drug-likeness (QED) is 0.121. The number of carbonyl (C=O) groups excluding carboxylic acids is 3. The first-order chi connectivity index (χ1) is 26.9. The lowest BCUT2D eigenvalue weighted by atomic mass is 9.53. The number of aliphatic hydroxyl groups excluding tert-OH is 4. The molecule has 9 rings (SSSR count). The Hall–Kier alpha value is -5.24. The first-order valence-electron chi connectivity index (χ1n) is 18.8. The van der Waals surface area contributed by atoms with Crippen LogP contribution >= 0.6 is 0 Å². The molecule has 13 N–H and O–H groups in total. The van der Waals surface area contributed by atoms with Crippen molar-refractivity contribution < 1.29 is 65.8 Å². The fourth-order valence-corrected chi connectivity index (χ4v) is 10.0. The van der Waals surface area contributed by atoms with Crippen LogP contribution in [0, 0.1) is 23.7 Å². The normalized spacial score (nSPS) is 32.4. The molecule has 3 aromatic rings. The van der Waals surface area contributed by atoms with E-state index in [2.05, 4.69) is 22.5 Å². The summed E-state index contributed by atoms with van der Waals surface area (Å²) in [5, 5.41) is 78.5. The van der Waals surface area contributed by atoms with Crippen LogP contribution in [-0.4, -0.2) is 137 Å². The second-order valence-corrected chi connectivity index (χ2v) is 16.0.